The van der Waals surface area contributed by atoms with Crippen LogP contribution in [0.25, 0.3) is 0 Å². The molecule has 1 aliphatic heterocycles. The van der Waals surface area contributed by atoms with Crippen LogP contribution in [0.3, 0.4) is 0 Å². The number of aromatic nitrogens is 2. The summed E-state index contributed by atoms with van der Waals surface area (Å²) >= 11 is 0. The number of aryl methyl sites for hydroxylation is 1. The van der Waals surface area contributed by atoms with E-state index < -0.39 is 0 Å². The van der Waals surface area contributed by atoms with Gasteiger partial charge in [-0.05, 0) is 44.4 Å². The van der Waals surface area contributed by atoms with Gasteiger partial charge in [-0.1, -0.05) is 18.2 Å². The van der Waals surface area contributed by atoms with Crippen LogP contribution >= 0.6 is 0 Å². The number of anilines is 1. The molecule has 1 fully saturated rings. The number of rotatable bonds is 4. The predicted octanol–water partition coefficient (Wildman–Crippen LogP) is 2.04. The van der Waals surface area contributed by atoms with Crippen molar-refractivity contribution >= 4 is 11.6 Å². The van der Waals surface area contributed by atoms with Crippen molar-refractivity contribution in [2.45, 2.75) is 33.4 Å². The topological polar surface area (TPSA) is 91.0 Å². The number of likely N-dealkylation sites (tertiary alicyclic amines) is 1. The number of piperidine rings is 1. The third kappa shape index (κ3) is 4.23. The Kier molecular flexibility index (Phi) is 5.67. The minimum absolute atomic E-state index is 0.0362. The van der Waals surface area contributed by atoms with Gasteiger partial charge in [-0.3, -0.25) is 14.5 Å². The molecule has 3 rings (SSSR count). The fourth-order valence-corrected chi connectivity index (χ4v) is 3.29. The number of hydrogen-bond acceptors (Lipinski definition) is 5. The van der Waals surface area contributed by atoms with E-state index >= 15 is 0 Å². The molecule has 0 saturated carbocycles. The molecule has 0 atom stereocenters. The van der Waals surface area contributed by atoms with E-state index in [0.29, 0.717) is 31.0 Å². The van der Waals surface area contributed by atoms with Gasteiger partial charge in [0.2, 0.25) is 5.91 Å². The first-order chi connectivity index (χ1) is 13.0. The van der Waals surface area contributed by atoms with Gasteiger partial charge >= 0.3 is 0 Å². The van der Waals surface area contributed by atoms with Crippen molar-refractivity contribution in [1.29, 1.82) is 5.26 Å². The molecule has 1 N–H and O–H groups in total. The van der Waals surface area contributed by atoms with E-state index in [1.54, 1.807) is 13.8 Å². The van der Waals surface area contributed by atoms with Gasteiger partial charge in [0.1, 0.15) is 11.6 Å². The van der Waals surface area contributed by atoms with Crippen molar-refractivity contribution in [3.63, 3.8) is 0 Å². The fourth-order valence-electron chi connectivity index (χ4n) is 3.29. The van der Waals surface area contributed by atoms with Gasteiger partial charge < -0.3 is 5.32 Å². The van der Waals surface area contributed by atoms with Crippen molar-refractivity contribution in [3.05, 3.63) is 57.5 Å². The predicted molar refractivity (Wildman–Crippen MR) is 102 cm³/mol. The van der Waals surface area contributed by atoms with E-state index in [1.807, 2.05) is 36.4 Å². The number of nitrogens with one attached hydrogen (secondary N) is 1. The molecule has 27 heavy (non-hydrogen) atoms. The maximum absolute atomic E-state index is 12.4. The lowest BCUT2D eigenvalue weighted by Crippen LogP contribution is -2.42. The molecule has 1 aliphatic rings. The van der Waals surface area contributed by atoms with E-state index in [1.165, 1.54) is 4.68 Å². The Labute approximate surface area is 158 Å². The molecule has 2 aromatic rings. The summed E-state index contributed by atoms with van der Waals surface area (Å²) in [6.07, 6.45) is 1.45. The highest BCUT2D eigenvalue weighted by Gasteiger charge is 2.25. The smallest absolute Gasteiger partial charge is 0.286 e. The normalized spacial score (nSPS) is 15.3. The van der Waals surface area contributed by atoms with E-state index in [0.717, 1.165) is 18.5 Å². The van der Waals surface area contributed by atoms with Crippen LogP contribution in [0.5, 0.6) is 0 Å². The summed E-state index contributed by atoms with van der Waals surface area (Å²) < 4.78 is 1.35. The van der Waals surface area contributed by atoms with Crippen LogP contribution < -0.4 is 10.9 Å². The van der Waals surface area contributed by atoms with E-state index in [9.17, 15) is 14.9 Å². The first-order valence-corrected chi connectivity index (χ1v) is 9.06. The summed E-state index contributed by atoms with van der Waals surface area (Å²) in [6, 6.07) is 11.4. The van der Waals surface area contributed by atoms with Crippen LogP contribution in [-0.4, -0.2) is 33.7 Å². The van der Waals surface area contributed by atoms with Crippen LogP contribution in [0.4, 0.5) is 5.69 Å². The first kappa shape index (κ1) is 18.8. The van der Waals surface area contributed by atoms with Gasteiger partial charge in [-0.25, -0.2) is 4.68 Å². The second-order valence-corrected chi connectivity index (χ2v) is 6.89. The third-order valence-corrected chi connectivity index (χ3v) is 5.08. The van der Waals surface area contributed by atoms with Gasteiger partial charge in [0.15, 0.2) is 0 Å². The lowest BCUT2D eigenvalue weighted by molar-refractivity contribution is -0.121. The Morgan fingerprint density at radius 3 is 2.56 bits per heavy atom. The fraction of sp³-hybridized carbons (Fsp3) is 0.400. The summed E-state index contributed by atoms with van der Waals surface area (Å²) in [5, 5.41) is 16.5. The molecule has 7 heteroatoms. The van der Waals surface area contributed by atoms with Crippen molar-refractivity contribution in [2.24, 2.45) is 5.92 Å². The summed E-state index contributed by atoms with van der Waals surface area (Å²) in [7, 11) is 0. The zero-order valence-electron chi connectivity index (χ0n) is 15.6. The zero-order valence-corrected chi connectivity index (χ0v) is 15.6. The first-order valence-electron chi connectivity index (χ1n) is 9.06. The maximum Gasteiger partial charge on any atom is 0.286 e. The molecule has 0 radical (unpaired) electrons. The molecule has 0 spiro atoms. The summed E-state index contributed by atoms with van der Waals surface area (Å²) in [6.45, 7) is 5.28. The summed E-state index contributed by atoms with van der Waals surface area (Å²) in [5.41, 5.74) is 1.92. The monoisotopic (exact) mass is 365 g/mol. The molecule has 1 aromatic carbocycles. The molecule has 1 saturated heterocycles. The number of nitrogens with zero attached hydrogens (tertiary/aromatic N) is 4. The molecule has 0 aliphatic carbocycles. The molecule has 0 bridgehead atoms. The van der Waals surface area contributed by atoms with Gasteiger partial charge in [0.25, 0.3) is 5.56 Å². The van der Waals surface area contributed by atoms with Gasteiger partial charge in [0, 0.05) is 24.7 Å². The molecular weight excluding hydrogens is 342 g/mol. The van der Waals surface area contributed by atoms with Crippen LogP contribution in [0.2, 0.25) is 0 Å². The van der Waals surface area contributed by atoms with Crippen LogP contribution in [0.15, 0.2) is 35.1 Å². The Hall–Kier alpha value is -2.98. The van der Waals surface area contributed by atoms with E-state index in [2.05, 4.69) is 15.3 Å². The quantitative estimate of drug-likeness (QED) is 0.895. The zero-order chi connectivity index (χ0) is 19.4. The standard InChI is InChI=1S/C20H23N5O2/c1-14-15(2)23-25(20(27)18(14)12-21)13-24-10-8-16(9-11-24)19(26)22-17-6-4-3-5-7-17/h3-7,16H,8-11,13H2,1-2H3,(H,22,26). The molecular formula is C20H23N5O2. The van der Waals surface area contributed by atoms with Crippen molar-refractivity contribution in [3.8, 4) is 6.07 Å². The minimum Gasteiger partial charge on any atom is -0.326 e. The summed E-state index contributed by atoms with van der Waals surface area (Å²) in [5.74, 6) is -0.00495. The van der Waals surface area contributed by atoms with Crippen LogP contribution in [0.1, 0.15) is 29.7 Å². The number of amides is 1. The minimum atomic E-state index is -0.357. The van der Waals surface area contributed by atoms with Crippen molar-refractivity contribution in [2.75, 3.05) is 18.4 Å². The van der Waals surface area contributed by atoms with Gasteiger partial charge in [-0.2, -0.15) is 10.4 Å². The summed E-state index contributed by atoms with van der Waals surface area (Å²) in [4.78, 5) is 26.9. The lowest BCUT2D eigenvalue weighted by atomic mass is 9.96. The number of para-hydroxylation sites is 1. The highest BCUT2D eigenvalue weighted by atomic mass is 16.2. The highest BCUT2D eigenvalue weighted by molar-refractivity contribution is 5.92. The molecule has 2 heterocycles. The number of carbonyl (C=O) groups excluding carboxylic acids is 1. The largest absolute Gasteiger partial charge is 0.326 e. The SMILES string of the molecule is Cc1nn(CN2CCC(C(=O)Nc3ccccc3)CC2)c(=O)c(C#N)c1C. The average molecular weight is 365 g/mol. The third-order valence-electron chi connectivity index (χ3n) is 5.08. The van der Waals surface area contributed by atoms with Crippen LogP contribution in [-0.2, 0) is 11.5 Å². The number of carbonyl (C=O) groups is 1. The maximum atomic E-state index is 12.4. The second kappa shape index (κ2) is 8.14. The molecule has 140 valence electrons. The molecule has 1 aromatic heterocycles. The molecule has 1 amide bonds. The Bertz CT molecular complexity index is 922. The van der Waals surface area contributed by atoms with Crippen molar-refractivity contribution < 1.29 is 4.79 Å². The van der Waals surface area contributed by atoms with Gasteiger partial charge in [-0.15, -0.1) is 0 Å². The Morgan fingerprint density at radius 1 is 1.26 bits per heavy atom. The molecule has 0 unspecified atom stereocenters. The van der Waals surface area contributed by atoms with E-state index in [-0.39, 0.29) is 22.9 Å². The van der Waals surface area contributed by atoms with Crippen LogP contribution in [0, 0.1) is 31.1 Å². The lowest BCUT2D eigenvalue weighted by Gasteiger charge is -2.31. The van der Waals surface area contributed by atoms with Crippen molar-refractivity contribution in [1.82, 2.24) is 14.7 Å². The second-order valence-electron chi connectivity index (χ2n) is 6.89. The number of nitriles is 1. The number of benzene rings is 1. The number of hydrogen-bond donors (Lipinski definition) is 1. The Morgan fingerprint density at radius 2 is 1.93 bits per heavy atom. The van der Waals surface area contributed by atoms with Gasteiger partial charge in [0.05, 0.1) is 12.4 Å². The Balaban J connectivity index is 1.60. The molecule has 7 nitrogen and oxygen atoms in total. The van der Waals surface area contributed by atoms with E-state index in [4.69, 9.17) is 0 Å². The highest BCUT2D eigenvalue weighted by Crippen LogP contribution is 2.20. The average Bonchev–Trinajstić information content (AvgIpc) is 2.68.